The lowest BCUT2D eigenvalue weighted by molar-refractivity contribution is -0.116. The van der Waals surface area contributed by atoms with Gasteiger partial charge in [0.25, 0.3) is 0 Å². The Morgan fingerprint density at radius 1 is 1.04 bits per heavy atom. The van der Waals surface area contributed by atoms with E-state index in [4.69, 9.17) is 37.4 Å². The third-order valence-electron chi connectivity index (χ3n) is 3.49. The lowest BCUT2D eigenvalue weighted by Crippen LogP contribution is -2.16. The molecule has 0 fully saturated rings. The van der Waals surface area contributed by atoms with Crippen molar-refractivity contribution in [3.8, 4) is 17.2 Å². The molecule has 0 saturated carbocycles. The van der Waals surface area contributed by atoms with Crippen LogP contribution in [0.2, 0.25) is 10.0 Å². The van der Waals surface area contributed by atoms with Crippen molar-refractivity contribution in [1.29, 1.82) is 0 Å². The average Bonchev–Trinajstić information content (AvgIpc) is 2.59. The lowest BCUT2D eigenvalue weighted by Gasteiger charge is -2.14. The molecule has 1 N–H and O–H groups in total. The van der Waals surface area contributed by atoms with Crippen molar-refractivity contribution in [2.24, 2.45) is 0 Å². The SMILES string of the molecule is COc1cc(C)c(NC(=O)CCOc2ccc(Cl)c(Cl)c2)cc1OC. The van der Waals surface area contributed by atoms with Crippen LogP contribution in [0.25, 0.3) is 0 Å². The third-order valence-corrected chi connectivity index (χ3v) is 4.23. The van der Waals surface area contributed by atoms with Gasteiger partial charge in [0, 0.05) is 17.8 Å². The Balaban J connectivity index is 1.92. The van der Waals surface area contributed by atoms with Gasteiger partial charge in [0.15, 0.2) is 11.5 Å². The second-order valence-corrected chi connectivity index (χ2v) is 6.06. The van der Waals surface area contributed by atoms with E-state index in [-0.39, 0.29) is 18.9 Å². The fourth-order valence-corrected chi connectivity index (χ4v) is 2.44. The maximum absolute atomic E-state index is 12.1. The van der Waals surface area contributed by atoms with Crippen LogP contribution in [0.5, 0.6) is 17.2 Å². The number of rotatable bonds is 7. The van der Waals surface area contributed by atoms with Crippen molar-refractivity contribution in [1.82, 2.24) is 0 Å². The molecule has 0 heterocycles. The Hall–Kier alpha value is -2.11. The largest absolute Gasteiger partial charge is 0.493 e. The summed E-state index contributed by atoms with van der Waals surface area (Å²) in [5.41, 5.74) is 1.54. The molecule has 0 atom stereocenters. The summed E-state index contributed by atoms with van der Waals surface area (Å²) in [7, 11) is 3.11. The first kappa shape index (κ1) is 19.2. The lowest BCUT2D eigenvalue weighted by atomic mass is 10.1. The summed E-state index contributed by atoms with van der Waals surface area (Å²) in [5.74, 6) is 1.55. The van der Waals surface area contributed by atoms with Gasteiger partial charge in [-0.05, 0) is 30.7 Å². The molecule has 0 spiro atoms. The first-order chi connectivity index (χ1) is 11.9. The summed E-state index contributed by atoms with van der Waals surface area (Å²) in [4.78, 5) is 12.1. The van der Waals surface area contributed by atoms with Crippen molar-refractivity contribution < 1.29 is 19.0 Å². The normalized spacial score (nSPS) is 10.3. The Morgan fingerprint density at radius 3 is 2.36 bits per heavy atom. The van der Waals surface area contributed by atoms with Gasteiger partial charge in [-0.2, -0.15) is 0 Å². The first-order valence-electron chi connectivity index (χ1n) is 7.55. The highest BCUT2D eigenvalue weighted by Gasteiger charge is 2.11. The van der Waals surface area contributed by atoms with Crippen molar-refractivity contribution in [2.45, 2.75) is 13.3 Å². The van der Waals surface area contributed by atoms with Gasteiger partial charge in [0.2, 0.25) is 5.91 Å². The van der Waals surface area contributed by atoms with Gasteiger partial charge < -0.3 is 19.5 Å². The van der Waals surface area contributed by atoms with Crippen LogP contribution in [0.3, 0.4) is 0 Å². The molecule has 25 heavy (non-hydrogen) atoms. The molecule has 0 radical (unpaired) electrons. The van der Waals surface area contributed by atoms with Gasteiger partial charge in [-0.25, -0.2) is 0 Å². The number of hydrogen-bond donors (Lipinski definition) is 1. The molecule has 5 nitrogen and oxygen atoms in total. The highest BCUT2D eigenvalue weighted by molar-refractivity contribution is 6.42. The molecule has 0 bridgehead atoms. The highest BCUT2D eigenvalue weighted by Crippen LogP contribution is 2.33. The predicted octanol–water partition coefficient (Wildman–Crippen LogP) is 4.73. The molecule has 0 aromatic heterocycles. The molecule has 0 aliphatic carbocycles. The Morgan fingerprint density at radius 2 is 1.72 bits per heavy atom. The fourth-order valence-electron chi connectivity index (χ4n) is 2.16. The van der Waals surface area contributed by atoms with E-state index < -0.39 is 0 Å². The van der Waals surface area contributed by atoms with Crippen molar-refractivity contribution in [3.05, 3.63) is 45.9 Å². The van der Waals surface area contributed by atoms with Crippen molar-refractivity contribution in [3.63, 3.8) is 0 Å². The van der Waals surface area contributed by atoms with Crippen LogP contribution in [-0.2, 0) is 4.79 Å². The van der Waals surface area contributed by atoms with Crippen LogP contribution in [0.1, 0.15) is 12.0 Å². The van der Waals surface area contributed by atoms with Gasteiger partial charge >= 0.3 is 0 Å². The molecule has 7 heteroatoms. The molecule has 2 aromatic carbocycles. The van der Waals surface area contributed by atoms with Gasteiger partial charge in [0.05, 0.1) is 37.3 Å². The van der Waals surface area contributed by atoms with Gasteiger partial charge in [0.1, 0.15) is 5.75 Å². The van der Waals surface area contributed by atoms with E-state index in [1.54, 1.807) is 44.6 Å². The number of methoxy groups -OCH3 is 2. The number of hydrogen-bond acceptors (Lipinski definition) is 4. The number of ether oxygens (including phenoxy) is 3. The van der Waals surface area contributed by atoms with E-state index in [2.05, 4.69) is 5.32 Å². The Kier molecular flexibility index (Phi) is 6.79. The van der Waals surface area contributed by atoms with E-state index >= 15 is 0 Å². The summed E-state index contributed by atoms with van der Waals surface area (Å²) >= 11 is 11.8. The number of benzene rings is 2. The maximum Gasteiger partial charge on any atom is 0.227 e. The van der Waals surface area contributed by atoms with Gasteiger partial charge in [-0.3, -0.25) is 4.79 Å². The van der Waals surface area contributed by atoms with E-state index in [0.29, 0.717) is 33.0 Å². The quantitative estimate of drug-likeness (QED) is 0.750. The molecular weight excluding hydrogens is 365 g/mol. The topological polar surface area (TPSA) is 56.8 Å². The van der Waals surface area contributed by atoms with Gasteiger partial charge in [-0.1, -0.05) is 23.2 Å². The second kappa shape index (κ2) is 8.83. The molecule has 0 saturated heterocycles. The molecule has 0 aliphatic heterocycles. The minimum absolute atomic E-state index is 0.171. The summed E-state index contributed by atoms with van der Waals surface area (Å²) in [5, 5.41) is 3.70. The number of carbonyl (C=O) groups is 1. The monoisotopic (exact) mass is 383 g/mol. The standard InChI is InChI=1S/C18H19Cl2NO4/c1-11-8-16(23-2)17(24-3)10-15(11)21-18(22)6-7-25-12-4-5-13(19)14(20)9-12/h4-5,8-10H,6-7H2,1-3H3,(H,21,22). The molecule has 2 rings (SSSR count). The van der Waals surface area contributed by atoms with E-state index in [9.17, 15) is 4.79 Å². The average molecular weight is 384 g/mol. The van der Waals surface area contributed by atoms with Crippen LogP contribution in [0.15, 0.2) is 30.3 Å². The summed E-state index contributed by atoms with van der Waals surface area (Å²) < 4.78 is 16.0. The zero-order valence-electron chi connectivity index (χ0n) is 14.2. The Labute approximate surface area is 156 Å². The Bertz CT molecular complexity index is 765. The van der Waals surface area contributed by atoms with Crippen molar-refractivity contribution in [2.75, 3.05) is 26.1 Å². The van der Waals surface area contributed by atoms with Crippen LogP contribution >= 0.6 is 23.2 Å². The zero-order valence-corrected chi connectivity index (χ0v) is 15.7. The number of amides is 1. The number of anilines is 1. The second-order valence-electron chi connectivity index (χ2n) is 5.24. The minimum Gasteiger partial charge on any atom is -0.493 e. The molecular formula is C18H19Cl2NO4. The molecule has 0 aliphatic rings. The van der Waals surface area contributed by atoms with Crippen LogP contribution in [-0.4, -0.2) is 26.7 Å². The van der Waals surface area contributed by atoms with Crippen LogP contribution in [0, 0.1) is 6.92 Å². The van der Waals surface area contributed by atoms with Crippen LogP contribution in [0.4, 0.5) is 5.69 Å². The smallest absolute Gasteiger partial charge is 0.227 e. The number of aryl methyl sites for hydroxylation is 1. The molecule has 134 valence electrons. The van der Waals surface area contributed by atoms with E-state index in [1.165, 1.54) is 0 Å². The van der Waals surface area contributed by atoms with Crippen molar-refractivity contribution >= 4 is 34.8 Å². The fraction of sp³-hybridized carbons (Fsp3) is 0.278. The third kappa shape index (κ3) is 5.18. The highest BCUT2D eigenvalue weighted by atomic mass is 35.5. The number of nitrogens with one attached hydrogen (secondary N) is 1. The molecule has 0 unspecified atom stereocenters. The first-order valence-corrected chi connectivity index (χ1v) is 8.30. The number of halogens is 2. The summed E-state index contributed by atoms with van der Waals surface area (Å²) in [6.45, 7) is 2.10. The maximum atomic E-state index is 12.1. The summed E-state index contributed by atoms with van der Waals surface area (Å²) in [6.07, 6.45) is 0.189. The minimum atomic E-state index is -0.171. The predicted molar refractivity (Wildman–Crippen MR) is 99.5 cm³/mol. The van der Waals surface area contributed by atoms with E-state index in [1.807, 2.05) is 6.92 Å². The zero-order chi connectivity index (χ0) is 18.4. The molecule has 2 aromatic rings. The van der Waals surface area contributed by atoms with Crippen LogP contribution < -0.4 is 19.5 Å². The summed E-state index contributed by atoms with van der Waals surface area (Å²) in [6, 6.07) is 8.49. The molecule has 1 amide bonds. The number of carbonyl (C=O) groups excluding carboxylic acids is 1. The van der Waals surface area contributed by atoms with E-state index in [0.717, 1.165) is 5.56 Å². The van der Waals surface area contributed by atoms with Gasteiger partial charge in [-0.15, -0.1) is 0 Å².